The van der Waals surface area contributed by atoms with Gasteiger partial charge in [0.2, 0.25) is 0 Å². The van der Waals surface area contributed by atoms with E-state index in [1.807, 2.05) is 36.4 Å². The third-order valence-electron chi connectivity index (χ3n) is 4.84. The van der Waals surface area contributed by atoms with E-state index < -0.39 is 0 Å². The van der Waals surface area contributed by atoms with E-state index in [4.69, 9.17) is 9.47 Å². The lowest BCUT2D eigenvalue weighted by Gasteiger charge is -2.39. The number of carbonyl (C=O) groups excluding carboxylic acids is 1. The lowest BCUT2D eigenvalue weighted by atomic mass is 10.00. The number of hydrogen-bond donors (Lipinski definition) is 0. The summed E-state index contributed by atoms with van der Waals surface area (Å²) in [5.74, 6) is 1.55. The molecule has 0 aliphatic carbocycles. The molecule has 0 bridgehead atoms. The molecule has 1 aliphatic rings. The molecule has 138 valence electrons. The summed E-state index contributed by atoms with van der Waals surface area (Å²) in [7, 11) is 1.65. The van der Waals surface area contributed by atoms with E-state index in [1.165, 1.54) is 24.3 Å². The predicted molar refractivity (Wildman–Crippen MR) is 102 cm³/mol. The maximum Gasteiger partial charge on any atom is 0.253 e. The van der Waals surface area contributed by atoms with Gasteiger partial charge in [-0.1, -0.05) is 12.1 Å². The van der Waals surface area contributed by atoms with Crippen molar-refractivity contribution in [3.05, 3.63) is 72.0 Å². The molecule has 0 aromatic heterocycles. The summed E-state index contributed by atoms with van der Waals surface area (Å²) in [6.07, 6.45) is 0. The smallest absolute Gasteiger partial charge is 0.253 e. The standard InChI is InChI=1S/C22H20FNO3/c1-26-20-8-4-18-11-21(9-5-17(18)10-20)27-14-15-12-24(13-15)22(25)16-2-6-19(23)7-3-16/h2-11,15H,12-14H2,1H3. The minimum absolute atomic E-state index is 0.0640. The lowest BCUT2D eigenvalue weighted by molar-refractivity contribution is 0.0393. The molecule has 4 nitrogen and oxygen atoms in total. The highest BCUT2D eigenvalue weighted by atomic mass is 19.1. The Balaban J connectivity index is 1.31. The number of methoxy groups -OCH3 is 1. The predicted octanol–water partition coefficient (Wildman–Crippen LogP) is 4.14. The summed E-state index contributed by atoms with van der Waals surface area (Å²) >= 11 is 0. The summed E-state index contributed by atoms with van der Waals surface area (Å²) in [5, 5.41) is 2.19. The van der Waals surface area contributed by atoms with Gasteiger partial charge in [0, 0.05) is 24.6 Å². The van der Waals surface area contributed by atoms with Crippen LogP contribution < -0.4 is 9.47 Å². The average Bonchev–Trinajstić information content (AvgIpc) is 2.66. The molecule has 4 rings (SSSR count). The fourth-order valence-electron chi connectivity index (χ4n) is 3.25. The van der Waals surface area contributed by atoms with Crippen LogP contribution >= 0.6 is 0 Å². The Labute approximate surface area is 157 Å². The van der Waals surface area contributed by atoms with Crippen LogP contribution in [0.25, 0.3) is 10.8 Å². The number of likely N-dealkylation sites (tertiary alicyclic amines) is 1. The van der Waals surface area contributed by atoms with Gasteiger partial charge in [0.1, 0.15) is 17.3 Å². The molecule has 0 unspecified atom stereocenters. The van der Waals surface area contributed by atoms with Gasteiger partial charge in [-0.15, -0.1) is 0 Å². The molecule has 0 N–H and O–H groups in total. The van der Waals surface area contributed by atoms with Crippen LogP contribution in [0.5, 0.6) is 11.5 Å². The number of benzene rings is 3. The molecule has 27 heavy (non-hydrogen) atoms. The van der Waals surface area contributed by atoms with Gasteiger partial charge >= 0.3 is 0 Å². The molecule has 3 aromatic rings. The van der Waals surface area contributed by atoms with Crippen LogP contribution in [0.2, 0.25) is 0 Å². The van der Waals surface area contributed by atoms with Crippen molar-refractivity contribution >= 4 is 16.7 Å². The SMILES string of the molecule is COc1ccc2cc(OCC3CN(C(=O)c4ccc(F)cc4)C3)ccc2c1. The number of halogens is 1. The minimum Gasteiger partial charge on any atom is -0.497 e. The number of amides is 1. The largest absolute Gasteiger partial charge is 0.497 e. The topological polar surface area (TPSA) is 38.8 Å². The molecule has 3 aromatic carbocycles. The van der Waals surface area contributed by atoms with E-state index in [9.17, 15) is 9.18 Å². The van der Waals surface area contributed by atoms with Crippen molar-refractivity contribution < 1.29 is 18.7 Å². The number of nitrogens with zero attached hydrogens (tertiary/aromatic N) is 1. The third kappa shape index (κ3) is 3.72. The first-order valence-electron chi connectivity index (χ1n) is 8.88. The molecule has 0 spiro atoms. The van der Waals surface area contributed by atoms with Gasteiger partial charge in [0.15, 0.2) is 0 Å². The van der Waals surface area contributed by atoms with Gasteiger partial charge in [-0.05, 0) is 59.3 Å². The Morgan fingerprint density at radius 1 is 1.00 bits per heavy atom. The molecule has 0 saturated carbocycles. The molecule has 1 fully saturated rings. The van der Waals surface area contributed by atoms with Crippen molar-refractivity contribution in [3.8, 4) is 11.5 Å². The Bertz CT molecular complexity index is 965. The lowest BCUT2D eigenvalue weighted by Crippen LogP contribution is -2.52. The molecular weight excluding hydrogens is 345 g/mol. The Hall–Kier alpha value is -3.08. The van der Waals surface area contributed by atoms with Crippen molar-refractivity contribution in [2.45, 2.75) is 0 Å². The van der Waals surface area contributed by atoms with Crippen LogP contribution in [0.3, 0.4) is 0 Å². The molecule has 1 aliphatic heterocycles. The van der Waals surface area contributed by atoms with Gasteiger partial charge < -0.3 is 14.4 Å². The maximum atomic E-state index is 13.0. The first-order valence-corrected chi connectivity index (χ1v) is 8.88. The molecule has 1 amide bonds. The number of carbonyl (C=O) groups is 1. The maximum absolute atomic E-state index is 13.0. The van der Waals surface area contributed by atoms with Crippen LogP contribution in [0.15, 0.2) is 60.7 Å². The third-order valence-corrected chi connectivity index (χ3v) is 4.84. The zero-order chi connectivity index (χ0) is 18.8. The van der Waals surface area contributed by atoms with E-state index in [0.29, 0.717) is 31.2 Å². The first kappa shape index (κ1) is 17.3. The number of ether oxygens (including phenoxy) is 2. The van der Waals surface area contributed by atoms with E-state index in [2.05, 4.69) is 0 Å². The van der Waals surface area contributed by atoms with Crippen LogP contribution in [0, 0.1) is 11.7 Å². The highest BCUT2D eigenvalue weighted by molar-refractivity contribution is 5.94. The molecule has 1 saturated heterocycles. The summed E-state index contributed by atoms with van der Waals surface area (Å²) in [5.41, 5.74) is 0.515. The summed E-state index contributed by atoms with van der Waals surface area (Å²) < 4.78 is 24.1. The van der Waals surface area contributed by atoms with Crippen molar-refractivity contribution in [3.63, 3.8) is 0 Å². The minimum atomic E-state index is -0.338. The summed E-state index contributed by atoms with van der Waals surface area (Å²) in [6.45, 7) is 1.87. The van der Waals surface area contributed by atoms with Gasteiger partial charge in [0.25, 0.3) is 5.91 Å². The average molecular weight is 365 g/mol. The molecular formula is C22H20FNO3. The van der Waals surface area contributed by atoms with E-state index in [1.54, 1.807) is 12.0 Å². The van der Waals surface area contributed by atoms with Crippen LogP contribution in [-0.2, 0) is 0 Å². The summed E-state index contributed by atoms with van der Waals surface area (Å²) in [6, 6.07) is 17.5. The number of fused-ring (bicyclic) bond motifs is 1. The Morgan fingerprint density at radius 3 is 2.30 bits per heavy atom. The van der Waals surface area contributed by atoms with Crippen molar-refractivity contribution in [1.82, 2.24) is 4.90 Å². The molecule has 0 atom stereocenters. The van der Waals surface area contributed by atoms with Gasteiger partial charge in [0.05, 0.1) is 13.7 Å². The second-order valence-electron chi connectivity index (χ2n) is 6.77. The van der Waals surface area contributed by atoms with Crippen molar-refractivity contribution in [1.29, 1.82) is 0 Å². The highest BCUT2D eigenvalue weighted by Gasteiger charge is 2.31. The van der Waals surface area contributed by atoms with E-state index >= 15 is 0 Å². The summed E-state index contributed by atoms with van der Waals surface area (Å²) in [4.78, 5) is 14.1. The molecule has 1 heterocycles. The zero-order valence-corrected chi connectivity index (χ0v) is 15.0. The zero-order valence-electron chi connectivity index (χ0n) is 15.0. The molecule has 0 radical (unpaired) electrons. The van der Waals surface area contributed by atoms with Crippen LogP contribution in [0.4, 0.5) is 4.39 Å². The van der Waals surface area contributed by atoms with Gasteiger partial charge in [-0.25, -0.2) is 4.39 Å². The second-order valence-corrected chi connectivity index (χ2v) is 6.77. The Morgan fingerprint density at radius 2 is 1.63 bits per heavy atom. The quantitative estimate of drug-likeness (QED) is 0.682. The number of rotatable bonds is 5. The van der Waals surface area contributed by atoms with E-state index in [0.717, 1.165) is 22.3 Å². The first-order chi connectivity index (χ1) is 13.1. The monoisotopic (exact) mass is 365 g/mol. The normalized spacial score (nSPS) is 14.1. The van der Waals surface area contributed by atoms with Crippen molar-refractivity contribution in [2.24, 2.45) is 5.92 Å². The van der Waals surface area contributed by atoms with Crippen LogP contribution in [0.1, 0.15) is 10.4 Å². The second kappa shape index (κ2) is 7.27. The van der Waals surface area contributed by atoms with Crippen LogP contribution in [-0.4, -0.2) is 37.6 Å². The fourth-order valence-corrected chi connectivity index (χ4v) is 3.25. The molecule has 5 heteroatoms. The number of hydrogen-bond acceptors (Lipinski definition) is 3. The van der Waals surface area contributed by atoms with Gasteiger partial charge in [-0.2, -0.15) is 0 Å². The van der Waals surface area contributed by atoms with Crippen molar-refractivity contribution in [2.75, 3.05) is 26.8 Å². The van der Waals surface area contributed by atoms with E-state index in [-0.39, 0.29) is 11.7 Å². The Kier molecular flexibility index (Phi) is 4.67. The van der Waals surface area contributed by atoms with Gasteiger partial charge in [-0.3, -0.25) is 4.79 Å². The fraction of sp³-hybridized carbons (Fsp3) is 0.227. The highest BCUT2D eigenvalue weighted by Crippen LogP contribution is 2.26.